The van der Waals surface area contributed by atoms with Crippen LogP contribution in [-0.4, -0.2) is 17.0 Å². The summed E-state index contributed by atoms with van der Waals surface area (Å²) >= 11 is 0. The molecule has 0 radical (unpaired) electrons. The molecule has 0 amide bonds. The van der Waals surface area contributed by atoms with Crippen molar-refractivity contribution in [3.05, 3.63) is 22.8 Å². The van der Waals surface area contributed by atoms with E-state index >= 15 is 0 Å². The van der Waals surface area contributed by atoms with Crippen LogP contribution < -0.4 is 5.32 Å². The average molecular weight is 217 g/mol. The van der Waals surface area contributed by atoms with Gasteiger partial charge < -0.3 is 5.32 Å². The van der Waals surface area contributed by atoms with Crippen LogP contribution in [0.1, 0.15) is 60.4 Å². The molecular weight excluding hydrogens is 198 g/mol. The third kappa shape index (κ3) is 1.63. The number of aryl methyl sites for hydroxylation is 2. The SMILES string of the molecule is CNC1CCCc2nc(C)nc(C3CC3)c21. The van der Waals surface area contributed by atoms with Gasteiger partial charge in [-0.1, -0.05) is 0 Å². The zero-order valence-corrected chi connectivity index (χ0v) is 10.1. The van der Waals surface area contributed by atoms with Crippen LogP contribution in [0.3, 0.4) is 0 Å². The average Bonchev–Trinajstić information content (AvgIpc) is 3.10. The number of nitrogens with one attached hydrogen (secondary N) is 1. The molecule has 3 nitrogen and oxygen atoms in total. The molecule has 1 atom stereocenters. The summed E-state index contributed by atoms with van der Waals surface area (Å²) in [5, 5.41) is 3.42. The van der Waals surface area contributed by atoms with Crippen LogP contribution >= 0.6 is 0 Å². The first kappa shape index (κ1) is 10.2. The minimum atomic E-state index is 0.486. The van der Waals surface area contributed by atoms with E-state index < -0.39 is 0 Å². The molecule has 1 N–H and O–H groups in total. The van der Waals surface area contributed by atoms with Gasteiger partial charge in [-0.05, 0) is 46.1 Å². The van der Waals surface area contributed by atoms with Crippen LogP contribution in [-0.2, 0) is 6.42 Å². The molecule has 1 aromatic rings. The molecule has 0 spiro atoms. The maximum atomic E-state index is 4.70. The molecule has 86 valence electrons. The summed E-state index contributed by atoms with van der Waals surface area (Å²) < 4.78 is 0. The number of hydrogen-bond acceptors (Lipinski definition) is 3. The Morgan fingerprint density at radius 2 is 2.00 bits per heavy atom. The van der Waals surface area contributed by atoms with E-state index in [-0.39, 0.29) is 0 Å². The number of rotatable bonds is 2. The minimum absolute atomic E-state index is 0.486. The topological polar surface area (TPSA) is 37.8 Å². The van der Waals surface area contributed by atoms with Gasteiger partial charge >= 0.3 is 0 Å². The van der Waals surface area contributed by atoms with Gasteiger partial charge in [0, 0.05) is 23.2 Å². The second-order valence-electron chi connectivity index (χ2n) is 5.02. The summed E-state index contributed by atoms with van der Waals surface area (Å²) in [6, 6.07) is 0.486. The molecule has 0 bridgehead atoms. The minimum Gasteiger partial charge on any atom is -0.313 e. The highest BCUT2D eigenvalue weighted by Gasteiger charge is 2.33. The first-order valence-corrected chi connectivity index (χ1v) is 6.34. The normalized spacial score (nSPS) is 24.2. The molecule has 3 rings (SSSR count). The fourth-order valence-electron chi connectivity index (χ4n) is 2.81. The molecule has 16 heavy (non-hydrogen) atoms. The maximum Gasteiger partial charge on any atom is 0.125 e. The lowest BCUT2D eigenvalue weighted by Gasteiger charge is -2.26. The van der Waals surface area contributed by atoms with Crippen molar-refractivity contribution in [3.8, 4) is 0 Å². The van der Waals surface area contributed by atoms with Crippen molar-refractivity contribution in [2.24, 2.45) is 0 Å². The van der Waals surface area contributed by atoms with Crippen molar-refractivity contribution in [2.45, 2.75) is 51.0 Å². The number of nitrogens with zero attached hydrogens (tertiary/aromatic N) is 2. The Morgan fingerprint density at radius 3 is 2.69 bits per heavy atom. The highest BCUT2D eigenvalue weighted by atomic mass is 14.9. The Balaban J connectivity index is 2.12. The largest absolute Gasteiger partial charge is 0.313 e. The third-order valence-corrected chi connectivity index (χ3v) is 3.73. The number of hydrogen-bond donors (Lipinski definition) is 1. The summed E-state index contributed by atoms with van der Waals surface area (Å²) in [6.07, 6.45) is 6.25. The predicted octanol–water partition coefficient (Wildman–Crippen LogP) is 2.26. The van der Waals surface area contributed by atoms with Crippen molar-refractivity contribution >= 4 is 0 Å². The van der Waals surface area contributed by atoms with Crippen LogP contribution in [0.25, 0.3) is 0 Å². The quantitative estimate of drug-likeness (QED) is 0.825. The third-order valence-electron chi connectivity index (χ3n) is 3.73. The van der Waals surface area contributed by atoms with E-state index in [2.05, 4.69) is 17.3 Å². The van der Waals surface area contributed by atoms with Gasteiger partial charge in [0.15, 0.2) is 0 Å². The van der Waals surface area contributed by atoms with Crippen molar-refractivity contribution in [2.75, 3.05) is 7.05 Å². The zero-order chi connectivity index (χ0) is 11.1. The van der Waals surface area contributed by atoms with Gasteiger partial charge in [0.25, 0.3) is 0 Å². The van der Waals surface area contributed by atoms with Gasteiger partial charge in [0.1, 0.15) is 5.82 Å². The molecule has 0 aliphatic heterocycles. The molecule has 0 aromatic carbocycles. The van der Waals surface area contributed by atoms with Gasteiger partial charge in [-0.25, -0.2) is 9.97 Å². The van der Waals surface area contributed by atoms with Crippen LogP contribution in [0.4, 0.5) is 0 Å². The van der Waals surface area contributed by atoms with E-state index in [1.165, 1.54) is 42.6 Å². The van der Waals surface area contributed by atoms with Crippen molar-refractivity contribution in [1.29, 1.82) is 0 Å². The molecule has 1 unspecified atom stereocenters. The van der Waals surface area contributed by atoms with Gasteiger partial charge in [0.05, 0.1) is 5.69 Å². The number of aromatic nitrogens is 2. The van der Waals surface area contributed by atoms with Crippen LogP contribution in [0.2, 0.25) is 0 Å². The van der Waals surface area contributed by atoms with E-state index in [1.54, 1.807) is 0 Å². The Hall–Kier alpha value is -0.960. The molecular formula is C13H19N3. The first-order chi connectivity index (χ1) is 7.79. The highest BCUT2D eigenvalue weighted by molar-refractivity contribution is 5.35. The van der Waals surface area contributed by atoms with E-state index in [9.17, 15) is 0 Å². The summed E-state index contributed by atoms with van der Waals surface area (Å²) in [5.74, 6) is 1.68. The summed E-state index contributed by atoms with van der Waals surface area (Å²) in [7, 11) is 2.05. The smallest absolute Gasteiger partial charge is 0.125 e. The molecule has 2 aliphatic carbocycles. The lowest BCUT2D eigenvalue weighted by atomic mass is 9.88. The van der Waals surface area contributed by atoms with Gasteiger partial charge in [-0.15, -0.1) is 0 Å². The van der Waals surface area contributed by atoms with Crippen molar-refractivity contribution < 1.29 is 0 Å². The highest BCUT2D eigenvalue weighted by Crippen LogP contribution is 2.44. The summed E-state index contributed by atoms with van der Waals surface area (Å²) in [6.45, 7) is 2.02. The van der Waals surface area contributed by atoms with Crippen molar-refractivity contribution in [3.63, 3.8) is 0 Å². The standard InChI is InChI=1S/C13H19N3/c1-8-15-11-5-3-4-10(14-2)12(11)13(16-8)9-6-7-9/h9-10,14H,3-7H2,1-2H3. The summed E-state index contributed by atoms with van der Waals surface area (Å²) in [5.41, 5.74) is 4.09. The maximum absolute atomic E-state index is 4.70. The second-order valence-corrected chi connectivity index (χ2v) is 5.02. The Kier molecular flexibility index (Phi) is 2.43. The Bertz CT molecular complexity index is 410. The number of fused-ring (bicyclic) bond motifs is 1. The van der Waals surface area contributed by atoms with Crippen LogP contribution in [0.5, 0.6) is 0 Å². The Labute approximate surface area is 96.7 Å². The van der Waals surface area contributed by atoms with Crippen LogP contribution in [0, 0.1) is 6.92 Å². The van der Waals surface area contributed by atoms with E-state index in [4.69, 9.17) is 4.98 Å². The zero-order valence-electron chi connectivity index (χ0n) is 10.1. The van der Waals surface area contributed by atoms with Crippen LogP contribution in [0.15, 0.2) is 0 Å². The van der Waals surface area contributed by atoms with Gasteiger partial charge in [-0.2, -0.15) is 0 Å². The van der Waals surface area contributed by atoms with E-state index in [0.29, 0.717) is 6.04 Å². The van der Waals surface area contributed by atoms with Gasteiger partial charge in [-0.3, -0.25) is 0 Å². The van der Waals surface area contributed by atoms with Crippen molar-refractivity contribution in [1.82, 2.24) is 15.3 Å². The monoisotopic (exact) mass is 217 g/mol. The summed E-state index contributed by atoms with van der Waals surface area (Å²) in [4.78, 5) is 9.33. The second kappa shape index (κ2) is 3.81. The lowest BCUT2D eigenvalue weighted by molar-refractivity contribution is 0.480. The molecule has 1 saturated carbocycles. The molecule has 1 aromatic heterocycles. The van der Waals surface area contributed by atoms with E-state index in [0.717, 1.165) is 18.2 Å². The fraction of sp³-hybridized carbons (Fsp3) is 0.692. The Morgan fingerprint density at radius 1 is 1.19 bits per heavy atom. The lowest BCUT2D eigenvalue weighted by Crippen LogP contribution is -2.25. The predicted molar refractivity (Wildman–Crippen MR) is 63.5 cm³/mol. The molecule has 3 heteroatoms. The fourth-order valence-corrected chi connectivity index (χ4v) is 2.81. The van der Waals surface area contributed by atoms with Gasteiger partial charge in [0.2, 0.25) is 0 Å². The molecule has 1 fully saturated rings. The molecule has 0 saturated heterocycles. The van der Waals surface area contributed by atoms with E-state index in [1.807, 2.05) is 6.92 Å². The molecule has 2 aliphatic rings. The first-order valence-electron chi connectivity index (χ1n) is 6.34. The molecule has 1 heterocycles.